The Morgan fingerprint density at radius 1 is 1.12 bits per heavy atom. The van der Waals surface area contributed by atoms with Crippen molar-refractivity contribution in [3.05, 3.63) is 36.4 Å². The lowest BCUT2D eigenvalue weighted by molar-refractivity contribution is 0.118. The first-order valence-corrected chi connectivity index (χ1v) is 12.0. The van der Waals surface area contributed by atoms with Crippen LogP contribution in [0.1, 0.15) is 12.1 Å². The molecule has 0 spiro atoms. The zero-order valence-corrected chi connectivity index (χ0v) is 20.6. The summed E-state index contributed by atoms with van der Waals surface area (Å²) in [5.74, 6) is 1.42. The monoisotopic (exact) mass is 475 g/mol. The van der Waals surface area contributed by atoms with Gasteiger partial charge in [0.25, 0.3) is 0 Å². The molecular formula is C23H37N7O2S. The highest BCUT2D eigenvalue weighted by Crippen LogP contribution is 2.30. The van der Waals surface area contributed by atoms with E-state index in [2.05, 4.69) is 36.9 Å². The molecule has 0 unspecified atom stereocenters. The lowest BCUT2D eigenvalue weighted by Gasteiger charge is -2.34. The molecule has 0 radical (unpaired) electrons. The van der Waals surface area contributed by atoms with E-state index < -0.39 is 0 Å². The van der Waals surface area contributed by atoms with Gasteiger partial charge in [-0.25, -0.2) is 4.98 Å². The summed E-state index contributed by atoms with van der Waals surface area (Å²) < 4.78 is 13.7. The Bertz CT molecular complexity index is 868. The van der Waals surface area contributed by atoms with Crippen LogP contribution >= 0.6 is 12.2 Å². The van der Waals surface area contributed by atoms with Crippen LogP contribution in [0.4, 0.5) is 5.69 Å². The van der Waals surface area contributed by atoms with Gasteiger partial charge in [-0.2, -0.15) is 0 Å². The minimum atomic E-state index is 0.585. The molecule has 0 bridgehead atoms. The van der Waals surface area contributed by atoms with Crippen LogP contribution in [0.15, 0.2) is 30.7 Å². The maximum absolute atomic E-state index is 6.01. The average molecular weight is 476 g/mol. The first kappa shape index (κ1) is 25.2. The summed E-state index contributed by atoms with van der Waals surface area (Å²) in [6.45, 7) is 11.2. The number of nitrogens with zero attached hydrogens (tertiary/aromatic N) is 4. The number of thiocarbonyl (C=S) groups is 1. The molecule has 1 aliphatic rings. The molecule has 1 saturated heterocycles. The second kappa shape index (κ2) is 13.3. The fourth-order valence-corrected chi connectivity index (χ4v) is 4.04. The van der Waals surface area contributed by atoms with Crippen molar-refractivity contribution in [1.82, 2.24) is 24.7 Å². The number of aryl methyl sites for hydroxylation is 2. The summed E-state index contributed by atoms with van der Waals surface area (Å²) in [6.07, 6.45) is 4.67. The van der Waals surface area contributed by atoms with Gasteiger partial charge in [-0.05, 0) is 37.7 Å². The normalized spacial score (nSPS) is 14.8. The third-order valence-corrected chi connectivity index (χ3v) is 6.03. The summed E-state index contributed by atoms with van der Waals surface area (Å²) in [5.41, 5.74) is 7.67. The van der Waals surface area contributed by atoms with Crippen molar-refractivity contribution in [3.63, 3.8) is 0 Å². The number of ether oxygens (including phenoxy) is 2. The van der Waals surface area contributed by atoms with Gasteiger partial charge in [0, 0.05) is 82.5 Å². The van der Waals surface area contributed by atoms with Crippen LogP contribution in [-0.4, -0.2) is 90.5 Å². The van der Waals surface area contributed by atoms with E-state index in [9.17, 15) is 0 Å². The number of piperazine rings is 1. The van der Waals surface area contributed by atoms with E-state index in [1.807, 2.05) is 30.7 Å². The Balaban J connectivity index is 1.37. The Hall–Kier alpha value is -2.40. The first-order valence-electron chi connectivity index (χ1n) is 11.6. The number of hydrogen-bond donors (Lipinski definition) is 3. The molecule has 1 aliphatic heterocycles. The van der Waals surface area contributed by atoms with Crippen molar-refractivity contribution < 1.29 is 9.47 Å². The lowest BCUT2D eigenvalue weighted by Crippen LogP contribution is -2.48. The number of imidazole rings is 1. The molecule has 4 N–H and O–H groups in total. The molecule has 3 rings (SSSR count). The van der Waals surface area contributed by atoms with Gasteiger partial charge in [0.2, 0.25) is 0 Å². The van der Waals surface area contributed by atoms with Gasteiger partial charge in [-0.3, -0.25) is 9.80 Å². The number of nitrogens with one attached hydrogen (secondary N) is 2. The molecule has 9 nitrogen and oxygen atoms in total. The van der Waals surface area contributed by atoms with Gasteiger partial charge < -0.3 is 30.4 Å². The van der Waals surface area contributed by atoms with Crippen LogP contribution in [0.25, 0.3) is 0 Å². The zero-order valence-electron chi connectivity index (χ0n) is 19.8. The molecular weight excluding hydrogens is 438 g/mol. The van der Waals surface area contributed by atoms with E-state index in [4.69, 9.17) is 27.4 Å². The summed E-state index contributed by atoms with van der Waals surface area (Å²) in [4.78, 5) is 8.97. The van der Waals surface area contributed by atoms with Crippen molar-refractivity contribution >= 4 is 23.0 Å². The van der Waals surface area contributed by atoms with Crippen molar-refractivity contribution in [1.29, 1.82) is 0 Å². The second-order valence-electron chi connectivity index (χ2n) is 8.15. The third kappa shape index (κ3) is 8.15. The quantitative estimate of drug-likeness (QED) is 0.312. The molecule has 182 valence electrons. The predicted molar refractivity (Wildman–Crippen MR) is 136 cm³/mol. The number of anilines is 1. The highest BCUT2D eigenvalue weighted by molar-refractivity contribution is 7.80. The van der Waals surface area contributed by atoms with E-state index in [1.54, 1.807) is 7.11 Å². The molecule has 2 aromatic rings. The van der Waals surface area contributed by atoms with Crippen LogP contribution in [0.3, 0.4) is 0 Å². The lowest BCUT2D eigenvalue weighted by atomic mass is 10.2. The Labute approximate surface area is 202 Å². The zero-order chi connectivity index (χ0) is 23.5. The van der Waals surface area contributed by atoms with Gasteiger partial charge in [-0.15, -0.1) is 0 Å². The van der Waals surface area contributed by atoms with E-state index >= 15 is 0 Å². The largest absolute Gasteiger partial charge is 0.493 e. The fourth-order valence-electron chi connectivity index (χ4n) is 3.82. The summed E-state index contributed by atoms with van der Waals surface area (Å²) >= 11 is 5.43. The van der Waals surface area contributed by atoms with Crippen LogP contribution < -0.4 is 25.8 Å². The number of benzene rings is 1. The van der Waals surface area contributed by atoms with E-state index in [1.165, 1.54) is 0 Å². The highest BCUT2D eigenvalue weighted by Gasteiger charge is 2.16. The van der Waals surface area contributed by atoms with E-state index in [0.29, 0.717) is 17.5 Å². The van der Waals surface area contributed by atoms with Crippen molar-refractivity contribution in [3.8, 4) is 11.5 Å². The molecule has 0 amide bonds. The number of aromatic nitrogens is 2. The van der Waals surface area contributed by atoms with Gasteiger partial charge in [0.1, 0.15) is 6.61 Å². The first-order chi connectivity index (χ1) is 16.1. The number of methoxy groups -OCH3 is 1. The minimum Gasteiger partial charge on any atom is -0.493 e. The molecule has 0 saturated carbocycles. The van der Waals surface area contributed by atoms with Gasteiger partial charge in [0.05, 0.1) is 13.4 Å². The standard InChI is InChI=1S/C23H37N7O2S/c1-19-17-25-18-30(19)8-3-7-26-23(33)27-20-4-5-21(22(16-20)31-2)32-15-14-29-12-10-28(9-6-24)11-13-29/h4-5,16-18H,3,6-15,24H2,1-2H3,(H2,26,27,33). The van der Waals surface area contributed by atoms with Crippen LogP contribution in [0.2, 0.25) is 0 Å². The summed E-state index contributed by atoms with van der Waals surface area (Å²) in [7, 11) is 1.65. The van der Waals surface area contributed by atoms with Crippen LogP contribution in [-0.2, 0) is 6.54 Å². The average Bonchev–Trinajstić information content (AvgIpc) is 3.23. The SMILES string of the molecule is COc1cc(NC(=S)NCCCn2cncc2C)ccc1OCCN1CCN(CCN)CC1. The third-order valence-electron chi connectivity index (χ3n) is 5.78. The van der Waals surface area contributed by atoms with Gasteiger partial charge in [-0.1, -0.05) is 0 Å². The van der Waals surface area contributed by atoms with Crippen LogP contribution in [0, 0.1) is 6.92 Å². The maximum atomic E-state index is 6.01. The van der Waals surface area contributed by atoms with Crippen molar-refractivity contribution in [2.24, 2.45) is 5.73 Å². The molecule has 1 aromatic heterocycles. The fraction of sp³-hybridized carbons (Fsp3) is 0.565. The smallest absolute Gasteiger partial charge is 0.170 e. The van der Waals surface area contributed by atoms with Gasteiger partial charge in [0.15, 0.2) is 16.6 Å². The Kier molecular flexibility index (Phi) is 10.2. The Morgan fingerprint density at radius 3 is 2.55 bits per heavy atom. The number of rotatable bonds is 12. The molecule has 2 heterocycles. The summed E-state index contributed by atoms with van der Waals surface area (Å²) in [6, 6.07) is 5.78. The maximum Gasteiger partial charge on any atom is 0.170 e. The van der Waals surface area contributed by atoms with Gasteiger partial charge >= 0.3 is 0 Å². The Morgan fingerprint density at radius 2 is 1.88 bits per heavy atom. The van der Waals surface area contributed by atoms with E-state index in [0.717, 1.165) is 82.5 Å². The topological polar surface area (TPSA) is 92.8 Å². The molecule has 0 aliphatic carbocycles. The molecule has 0 atom stereocenters. The van der Waals surface area contributed by atoms with E-state index in [-0.39, 0.29) is 0 Å². The molecule has 33 heavy (non-hydrogen) atoms. The molecule has 1 aromatic carbocycles. The molecule has 10 heteroatoms. The minimum absolute atomic E-state index is 0.585. The van der Waals surface area contributed by atoms with Crippen molar-refractivity contribution in [2.75, 3.05) is 71.4 Å². The highest BCUT2D eigenvalue weighted by atomic mass is 32.1. The van der Waals surface area contributed by atoms with Crippen molar-refractivity contribution in [2.45, 2.75) is 19.9 Å². The molecule has 1 fully saturated rings. The number of nitrogens with two attached hydrogens (primary N) is 1. The number of hydrogen-bond acceptors (Lipinski definition) is 7. The van der Waals surface area contributed by atoms with Crippen LogP contribution in [0.5, 0.6) is 11.5 Å². The second-order valence-corrected chi connectivity index (χ2v) is 8.56. The predicted octanol–water partition coefficient (Wildman–Crippen LogP) is 1.53. The summed E-state index contributed by atoms with van der Waals surface area (Å²) in [5, 5.41) is 7.05.